The Bertz CT molecular complexity index is 501. The topological polar surface area (TPSA) is 16.1 Å². The van der Waals surface area contributed by atoms with Gasteiger partial charge in [-0.2, -0.15) is 0 Å². The van der Waals surface area contributed by atoms with E-state index in [4.69, 9.17) is 0 Å². The summed E-state index contributed by atoms with van der Waals surface area (Å²) in [5.41, 5.74) is 4.65. The van der Waals surface area contributed by atoms with Crippen molar-refractivity contribution in [3.05, 3.63) is 35.5 Å². The summed E-state index contributed by atoms with van der Waals surface area (Å²) in [7, 11) is 4.09. The number of rotatable bonds is 1. The quantitative estimate of drug-likeness (QED) is 0.703. The van der Waals surface area contributed by atoms with E-state index in [1.165, 1.54) is 16.6 Å². The second kappa shape index (κ2) is 3.54. The third-order valence-corrected chi connectivity index (χ3v) is 2.64. The van der Waals surface area contributed by atoms with Crippen LogP contribution < -0.4 is 4.90 Å². The van der Waals surface area contributed by atoms with E-state index in [1.807, 2.05) is 21.0 Å². The zero-order chi connectivity index (χ0) is 11.0. The first-order valence-corrected chi connectivity index (χ1v) is 5.13. The number of benzene rings is 1. The SMILES string of the molecule is Cc1cc(C)c2ccc(N(C)C)cc2n1. The van der Waals surface area contributed by atoms with Crippen molar-refractivity contribution in [3.8, 4) is 0 Å². The number of aryl methyl sites for hydroxylation is 2. The zero-order valence-corrected chi connectivity index (χ0v) is 9.70. The average Bonchev–Trinajstić information content (AvgIpc) is 2.16. The fraction of sp³-hybridized carbons (Fsp3) is 0.308. The fourth-order valence-electron chi connectivity index (χ4n) is 1.84. The lowest BCUT2D eigenvalue weighted by Gasteiger charge is -2.13. The van der Waals surface area contributed by atoms with Gasteiger partial charge in [-0.15, -0.1) is 0 Å². The molecule has 15 heavy (non-hydrogen) atoms. The number of fused-ring (bicyclic) bond motifs is 1. The minimum atomic E-state index is 1.08. The summed E-state index contributed by atoms with van der Waals surface area (Å²) in [5.74, 6) is 0. The Morgan fingerprint density at radius 1 is 1.07 bits per heavy atom. The maximum atomic E-state index is 4.55. The molecule has 0 aliphatic heterocycles. The second-order valence-corrected chi connectivity index (χ2v) is 4.18. The molecule has 0 bridgehead atoms. The van der Waals surface area contributed by atoms with Crippen LogP contribution in [0, 0.1) is 13.8 Å². The van der Waals surface area contributed by atoms with Crippen LogP contribution in [0.5, 0.6) is 0 Å². The Morgan fingerprint density at radius 2 is 1.80 bits per heavy atom. The van der Waals surface area contributed by atoms with Gasteiger partial charge in [0.1, 0.15) is 0 Å². The first kappa shape index (κ1) is 9.97. The van der Waals surface area contributed by atoms with Crippen LogP contribution >= 0.6 is 0 Å². The fourth-order valence-corrected chi connectivity index (χ4v) is 1.84. The van der Waals surface area contributed by atoms with Crippen molar-refractivity contribution >= 4 is 16.6 Å². The van der Waals surface area contributed by atoms with Crippen LogP contribution in [0.25, 0.3) is 10.9 Å². The average molecular weight is 200 g/mol. The summed E-state index contributed by atoms with van der Waals surface area (Å²) >= 11 is 0. The summed E-state index contributed by atoms with van der Waals surface area (Å²) in [6.45, 7) is 4.17. The van der Waals surface area contributed by atoms with Gasteiger partial charge < -0.3 is 4.90 Å². The predicted octanol–water partition coefficient (Wildman–Crippen LogP) is 2.92. The molecule has 0 fully saturated rings. The molecule has 1 heterocycles. The Balaban J connectivity index is 2.71. The molecule has 1 aromatic heterocycles. The molecule has 78 valence electrons. The smallest absolute Gasteiger partial charge is 0.0728 e. The Morgan fingerprint density at radius 3 is 2.47 bits per heavy atom. The van der Waals surface area contributed by atoms with E-state index >= 15 is 0 Å². The number of hydrogen-bond donors (Lipinski definition) is 0. The van der Waals surface area contributed by atoms with Crippen LogP contribution in [-0.4, -0.2) is 19.1 Å². The van der Waals surface area contributed by atoms with Gasteiger partial charge in [0.2, 0.25) is 0 Å². The van der Waals surface area contributed by atoms with Crippen LogP contribution in [0.1, 0.15) is 11.3 Å². The molecular weight excluding hydrogens is 184 g/mol. The van der Waals surface area contributed by atoms with Crippen molar-refractivity contribution in [1.29, 1.82) is 0 Å². The van der Waals surface area contributed by atoms with E-state index in [9.17, 15) is 0 Å². The standard InChI is InChI=1S/C13H16N2/c1-9-7-10(2)14-13-8-11(15(3)4)5-6-12(9)13/h5-8H,1-4H3. The minimum absolute atomic E-state index is 1.08. The minimum Gasteiger partial charge on any atom is -0.378 e. The van der Waals surface area contributed by atoms with Crippen molar-refractivity contribution in [3.63, 3.8) is 0 Å². The molecule has 0 amide bonds. The maximum Gasteiger partial charge on any atom is 0.0728 e. The van der Waals surface area contributed by atoms with Gasteiger partial charge in [-0.3, -0.25) is 4.98 Å². The molecule has 0 aliphatic carbocycles. The normalized spacial score (nSPS) is 10.7. The van der Waals surface area contributed by atoms with Crippen molar-refractivity contribution in [1.82, 2.24) is 4.98 Å². The molecule has 1 aromatic carbocycles. The van der Waals surface area contributed by atoms with Gasteiger partial charge in [-0.1, -0.05) is 6.07 Å². The maximum absolute atomic E-state index is 4.55. The predicted molar refractivity (Wildman–Crippen MR) is 65.5 cm³/mol. The molecule has 0 aliphatic rings. The third kappa shape index (κ3) is 1.80. The van der Waals surface area contributed by atoms with Crippen LogP contribution in [0.2, 0.25) is 0 Å². The van der Waals surface area contributed by atoms with Gasteiger partial charge >= 0.3 is 0 Å². The Hall–Kier alpha value is -1.57. The van der Waals surface area contributed by atoms with E-state index in [-0.39, 0.29) is 0 Å². The number of hydrogen-bond acceptors (Lipinski definition) is 2. The number of aromatic nitrogens is 1. The van der Waals surface area contributed by atoms with Crippen molar-refractivity contribution in [2.45, 2.75) is 13.8 Å². The lowest BCUT2D eigenvalue weighted by Crippen LogP contribution is -2.08. The lowest BCUT2D eigenvalue weighted by atomic mass is 10.1. The molecule has 0 radical (unpaired) electrons. The highest BCUT2D eigenvalue weighted by Crippen LogP contribution is 2.22. The van der Waals surface area contributed by atoms with Gasteiger partial charge in [0.25, 0.3) is 0 Å². The van der Waals surface area contributed by atoms with Crippen LogP contribution in [-0.2, 0) is 0 Å². The van der Waals surface area contributed by atoms with Crippen LogP contribution in [0.15, 0.2) is 24.3 Å². The number of anilines is 1. The molecule has 0 atom stereocenters. The summed E-state index contributed by atoms with van der Waals surface area (Å²) < 4.78 is 0. The number of pyridine rings is 1. The Labute approximate surface area is 90.6 Å². The van der Waals surface area contributed by atoms with Gasteiger partial charge in [-0.25, -0.2) is 0 Å². The molecule has 0 N–H and O–H groups in total. The summed E-state index contributed by atoms with van der Waals surface area (Å²) in [4.78, 5) is 6.65. The monoisotopic (exact) mass is 200 g/mol. The molecule has 2 nitrogen and oxygen atoms in total. The lowest BCUT2D eigenvalue weighted by molar-refractivity contribution is 1.13. The van der Waals surface area contributed by atoms with Crippen molar-refractivity contribution in [2.24, 2.45) is 0 Å². The van der Waals surface area contributed by atoms with E-state index in [2.05, 4.69) is 41.1 Å². The second-order valence-electron chi connectivity index (χ2n) is 4.18. The highest BCUT2D eigenvalue weighted by molar-refractivity contribution is 5.85. The largest absolute Gasteiger partial charge is 0.378 e. The van der Waals surface area contributed by atoms with Crippen molar-refractivity contribution < 1.29 is 0 Å². The van der Waals surface area contributed by atoms with E-state index in [0.717, 1.165) is 11.2 Å². The van der Waals surface area contributed by atoms with Gasteiger partial charge in [0.15, 0.2) is 0 Å². The molecular formula is C13H16N2. The molecule has 0 unspecified atom stereocenters. The highest BCUT2D eigenvalue weighted by atomic mass is 15.1. The summed E-state index contributed by atoms with van der Waals surface area (Å²) in [6, 6.07) is 8.53. The van der Waals surface area contributed by atoms with Crippen LogP contribution in [0.4, 0.5) is 5.69 Å². The molecule has 2 heteroatoms. The zero-order valence-electron chi connectivity index (χ0n) is 9.70. The van der Waals surface area contributed by atoms with Gasteiger partial charge in [0.05, 0.1) is 5.52 Å². The van der Waals surface area contributed by atoms with E-state index < -0.39 is 0 Å². The van der Waals surface area contributed by atoms with E-state index in [0.29, 0.717) is 0 Å². The van der Waals surface area contributed by atoms with Gasteiger partial charge in [0, 0.05) is 30.9 Å². The van der Waals surface area contributed by atoms with E-state index in [1.54, 1.807) is 0 Å². The van der Waals surface area contributed by atoms with Crippen LogP contribution in [0.3, 0.4) is 0 Å². The number of nitrogens with zero attached hydrogens (tertiary/aromatic N) is 2. The molecule has 0 spiro atoms. The third-order valence-electron chi connectivity index (χ3n) is 2.64. The molecule has 0 saturated heterocycles. The first-order chi connectivity index (χ1) is 7.08. The molecule has 2 rings (SSSR count). The van der Waals surface area contributed by atoms with Crippen molar-refractivity contribution in [2.75, 3.05) is 19.0 Å². The Kier molecular flexibility index (Phi) is 2.35. The molecule has 0 saturated carbocycles. The van der Waals surface area contributed by atoms with Gasteiger partial charge in [-0.05, 0) is 37.6 Å². The molecule has 2 aromatic rings. The summed E-state index contributed by atoms with van der Waals surface area (Å²) in [6.07, 6.45) is 0. The summed E-state index contributed by atoms with van der Waals surface area (Å²) in [5, 5.41) is 1.24. The highest BCUT2D eigenvalue weighted by Gasteiger charge is 2.02. The first-order valence-electron chi connectivity index (χ1n) is 5.13.